The van der Waals surface area contributed by atoms with E-state index in [0.717, 1.165) is 0 Å². The predicted molar refractivity (Wildman–Crippen MR) is 41.2 cm³/mol. The minimum absolute atomic E-state index is 0.164. The number of carbonyl (C=O) groups is 1. The zero-order valence-electron chi connectivity index (χ0n) is 5.55. The van der Waals surface area contributed by atoms with Crippen LogP contribution in [0.3, 0.4) is 0 Å². The number of thiocarbonyl (C=S) groups is 1. The number of nitrogens with zero attached hydrogens (tertiary/aromatic N) is 1. The van der Waals surface area contributed by atoms with Gasteiger partial charge in [0, 0.05) is 7.05 Å². The van der Waals surface area contributed by atoms with Crippen molar-refractivity contribution in [2.45, 2.75) is 6.92 Å². The Morgan fingerprint density at radius 2 is 2.22 bits per heavy atom. The third kappa shape index (κ3) is 2.37. The quantitative estimate of drug-likeness (QED) is 0.403. The fraction of sp³-hybridized carbons (Fsp3) is 0.333. The van der Waals surface area contributed by atoms with Gasteiger partial charge in [0.1, 0.15) is 0 Å². The SMILES string of the molecule is C=CC(=O)N(C)C(C)=S. The molecule has 0 saturated heterocycles. The summed E-state index contributed by atoms with van der Waals surface area (Å²) in [5, 5.41) is 0. The molecule has 0 heterocycles. The van der Waals surface area contributed by atoms with E-state index >= 15 is 0 Å². The van der Waals surface area contributed by atoms with E-state index in [-0.39, 0.29) is 5.91 Å². The second kappa shape index (κ2) is 3.35. The van der Waals surface area contributed by atoms with E-state index in [0.29, 0.717) is 4.99 Å². The van der Waals surface area contributed by atoms with Crippen molar-refractivity contribution < 1.29 is 4.79 Å². The summed E-state index contributed by atoms with van der Waals surface area (Å²) in [5.41, 5.74) is 0. The first-order chi connectivity index (χ1) is 4.09. The van der Waals surface area contributed by atoms with Gasteiger partial charge < -0.3 is 4.90 Å². The topological polar surface area (TPSA) is 20.3 Å². The van der Waals surface area contributed by atoms with Gasteiger partial charge in [0.05, 0.1) is 4.99 Å². The van der Waals surface area contributed by atoms with Gasteiger partial charge >= 0.3 is 0 Å². The van der Waals surface area contributed by atoms with Crippen LogP contribution in [0.25, 0.3) is 0 Å². The van der Waals surface area contributed by atoms with Crippen molar-refractivity contribution in [3.05, 3.63) is 12.7 Å². The van der Waals surface area contributed by atoms with Crippen molar-refractivity contribution in [1.82, 2.24) is 4.90 Å². The number of hydrogen-bond donors (Lipinski definition) is 0. The molecule has 0 aliphatic heterocycles. The molecule has 0 atom stereocenters. The lowest BCUT2D eigenvalue weighted by Gasteiger charge is -2.11. The lowest BCUT2D eigenvalue weighted by Crippen LogP contribution is -2.27. The second-order valence-electron chi connectivity index (χ2n) is 1.62. The fourth-order valence-corrected chi connectivity index (χ4v) is 0.382. The molecule has 0 unspecified atom stereocenters. The van der Waals surface area contributed by atoms with E-state index in [9.17, 15) is 4.79 Å². The maximum absolute atomic E-state index is 10.7. The molecule has 0 aliphatic rings. The smallest absolute Gasteiger partial charge is 0.250 e. The molecule has 0 aromatic rings. The highest BCUT2D eigenvalue weighted by Gasteiger charge is 2.03. The highest BCUT2D eigenvalue weighted by atomic mass is 32.1. The number of amides is 1. The molecule has 50 valence electrons. The standard InChI is InChI=1S/C6H9NOS/c1-4-6(8)7(3)5(2)9/h4H,1H2,2-3H3. The first kappa shape index (κ1) is 8.30. The van der Waals surface area contributed by atoms with E-state index in [1.165, 1.54) is 11.0 Å². The number of hydrogen-bond acceptors (Lipinski definition) is 2. The largest absolute Gasteiger partial charge is 0.306 e. The van der Waals surface area contributed by atoms with Gasteiger partial charge in [0.15, 0.2) is 0 Å². The van der Waals surface area contributed by atoms with E-state index < -0.39 is 0 Å². The Morgan fingerprint density at radius 3 is 2.33 bits per heavy atom. The molecule has 0 fully saturated rings. The summed E-state index contributed by atoms with van der Waals surface area (Å²) in [6, 6.07) is 0. The molecular weight excluding hydrogens is 134 g/mol. The van der Waals surface area contributed by atoms with Crippen LogP contribution in [-0.2, 0) is 4.79 Å². The summed E-state index contributed by atoms with van der Waals surface area (Å²) in [7, 11) is 1.62. The average Bonchev–Trinajstić information content (AvgIpc) is 1.84. The lowest BCUT2D eigenvalue weighted by atomic mass is 10.5. The van der Waals surface area contributed by atoms with E-state index in [1.807, 2.05) is 0 Å². The molecule has 1 amide bonds. The Labute approximate surface area is 60.2 Å². The maximum Gasteiger partial charge on any atom is 0.250 e. The zero-order valence-corrected chi connectivity index (χ0v) is 6.36. The summed E-state index contributed by atoms with van der Waals surface area (Å²) in [6.07, 6.45) is 1.23. The predicted octanol–water partition coefficient (Wildman–Crippen LogP) is 0.978. The Hall–Kier alpha value is -0.700. The maximum atomic E-state index is 10.7. The van der Waals surface area contributed by atoms with Crippen LogP contribution in [-0.4, -0.2) is 22.8 Å². The zero-order chi connectivity index (χ0) is 7.44. The summed E-state index contributed by atoms with van der Waals surface area (Å²) >= 11 is 4.72. The molecule has 0 aromatic heterocycles. The molecule has 2 nitrogen and oxygen atoms in total. The van der Waals surface area contributed by atoms with Gasteiger partial charge in [-0.05, 0) is 13.0 Å². The van der Waals surface area contributed by atoms with Crippen molar-refractivity contribution in [3.8, 4) is 0 Å². The number of carbonyl (C=O) groups excluding carboxylic acids is 1. The lowest BCUT2D eigenvalue weighted by molar-refractivity contribution is -0.121. The molecule has 0 aromatic carbocycles. The second-order valence-corrected chi connectivity index (χ2v) is 2.21. The van der Waals surface area contributed by atoms with Gasteiger partial charge in [-0.3, -0.25) is 4.79 Å². The highest BCUT2D eigenvalue weighted by molar-refractivity contribution is 7.80. The summed E-state index contributed by atoms with van der Waals surface area (Å²) in [6.45, 7) is 5.00. The van der Waals surface area contributed by atoms with Crippen LogP contribution >= 0.6 is 12.2 Å². The Bertz CT molecular complexity index is 153. The molecule has 0 rings (SSSR count). The van der Waals surface area contributed by atoms with Crippen LogP contribution in [0.15, 0.2) is 12.7 Å². The molecule has 0 bridgehead atoms. The fourth-order valence-electron chi connectivity index (χ4n) is 0.292. The minimum atomic E-state index is -0.164. The third-order valence-corrected chi connectivity index (χ3v) is 1.25. The van der Waals surface area contributed by atoms with Crippen LogP contribution in [0.5, 0.6) is 0 Å². The average molecular weight is 143 g/mol. The van der Waals surface area contributed by atoms with Gasteiger partial charge in [-0.15, -0.1) is 0 Å². The molecule has 9 heavy (non-hydrogen) atoms. The summed E-state index contributed by atoms with van der Waals surface area (Å²) in [5.74, 6) is -0.164. The Balaban J connectivity index is 4.03. The number of rotatable bonds is 1. The van der Waals surface area contributed by atoms with Gasteiger partial charge in [0.2, 0.25) is 5.91 Å². The third-order valence-electron chi connectivity index (χ3n) is 0.978. The van der Waals surface area contributed by atoms with Crippen LogP contribution in [0.2, 0.25) is 0 Å². The van der Waals surface area contributed by atoms with Crippen LogP contribution in [0.1, 0.15) is 6.92 Å². The highest BCUT2D eigenvalue weighted by Crippen LogP contribution is 1.87. The molecule has 3 heteroatoms. The molecule has 0 N–H and O–H groups in total. The summed E-state index contributed by atoms with van der Waals surface area (Å²) < 4.78 is 0. The molecule has 0 spiro atoms. The summed E-state index contributed by atoms with van der Waals surface area (Å²) in [4.78, 5) is 12.6. The van der Waals surface area contributed by atoms with Crippen molar-refractivity contribution in [2.24, 2.45) is 0 Å². The van der Waals surface area contributed by atoms with Gasteiger partial charge in [-0.1, -0.05) is 18.8 Å². The first-order valence-electron chi connectivity index (χ1n) is 2.50. The molecular formula is C6H9NOS. The van der Waals surface area contributed by atoms with E-state index in [1.54, 1.807) is 14.0 Å². The monoisotopic (exact) mass is 143 g/mol. The van der Waals surface area contributed by atoms with Crippen LogP contribution in [0.4, 0.5) is 0 Å². The van der Waals surface area contributed by atoms with Crippen LogP contribution < -0.4 is 0 Å². The molecule has 0 saturated carbocycles. The Kier molecular flexibility index (Phi) is 3.09. The van der Waals surface area contributed by atoms with Gasteiger partial charge in [-0.25, -0.2) is 0 Å². The first-order valence-corrected chi connectivity index (χ1v) is 2.91. The van der Waals surface area contributed by atoms with Crippen molar-refractivity contribution in [2.75, 3.05) is 7.05 Å². The van der Waals surface area contributed by atoms with E-state index in [4.69, 9.17) is 12.2 Å². The Morgan fingerprint density at radius 1 is 1.78 bits per heavy atom. The molecule has 0 radical (unpaired) electrons. The van der Waals surface area contributed by atoms with E-state index in [2.05, 4.69) is 6.58 Å². The van der Waals surface area contributed by atoms with Gasteiger partial charge in [-0.2, -0.15) is 0 Å². The van der Waals surface area contributed by atoms with Crippen molar-refractivity contribution >= 4 is 23.1 Å². The normalized spacial score (nSPS) is 8.22. The van der Waals surface area contributed by atoms with Gasteiger partial charge in [0.25, 0.3) is 0 Å². The minimum Gasteiger partial charge on any atom is -0.306 e. The number of likely N-dealkylation sites (N-methyl/N-ethyl adjacent to an activating group) is 1. The molecule has 0 aliphatic carbocycles. The van der Waals surface area contributed by atoms with Crippen molar-refractivity contribution in [1.29, 1.82) is 0 Å². The van der Waals surface area contributed by atoms with Crippen LogP contribution in [0, 0.1) is 0 Å². The van der Waals surface area contributed by atoms with Crippen molar-refractivity contribution in [3.63, 3.8) is 0 Å².